The monoisotopic (exact) mass is 305 g/mol. The van der Waals surface area contributed by atoms with Gasteiger partial charge in [0.15, 0.2) is 5.52 Å². The minimum absolute atomic E-state index is 0.146. The van der Waals surface area contributed by atoms with Gasteiger partial charge in [0, 0.05) is 26.1 Å². The van der Waals surface area contributed by atoms with Crippen LogP contribution in [0.5, 0.6) is 0 Å². The minimum atomic E-state index is -0.312. The van der Waals surface area contributed by atoms with Crippen molar-refractivity contribution in [3.8, 4) is 0 Å². The number of imidazole rings is 1. The molecule has 0 spiro atoms. The predicted molar refractivity (Wildman–Crippen MR) is 85.4 cm³/mol. The Labute approximate surface area is 128 Å². The lowest BCUT2D eigenvalue weighted by Crippen LogP contribution is -2.37. The second-order valence-electron chi connectivity index (χ2n) is 6.34. The van der Waals surface area contributed by atoms with Crippen molar-refractivity contribution in [3.05, 3.63) is 26.7 Å². The molecule has 0 amide bonds. The molecule has 0 unspecified atom stereocenters. The second kappa shape index (κ2) is 5.39. The van der Waals surface area contributed by atoms with Gasteiger partial charge in [0.25, 0.3) is 5.56 Å². The van der Waals surface area contributed by atoms with E-state index in [0.717, 1.165) is 36.3 Å². The third-order valence-electron chi connectivity index (χ3n) is 4.53. The van der Waals surface area contributed by atoms with E-state index >= 15 is 0 Å². The van der Waals surface area contributed by atoms with Crippen LogP contribution in [0.4, 0.5) is 0 Å². The van der Waals surface area contributed by atoms with Crippen molar-refractivity contribution in [3.63, 3.8) is 0 Å². The molecule has 1 fully saturated rings. The lowest BCUT2D eigenvalue weighted by atomic mass is 9.97. The zero-order valence-corrected chi connectivity index (χ0v) is 13.6. The van der Waals surface area contributed by atoms with Gasteiger partial charge in [0.2, 0.25) is 0 Å². The molecule has 0 aromatic carbocycles. The molecular weight excluding hydrogens is 282 g/mol. The van der Waals surface area contributed by atoms with Gasteiger partial charge in [-0.05, 0) is 39.8 Å². The number of nitrogens with one attached hydrogen (secondary N) is 1. The summed E-state index contributed by atoms with van der Waals surface area (Å²) in [5.74, 6) is 1.26. The molecule has 3 rings (SSSR count). The van der Waals surface area contributed by atoms with Crippen LogP contribution < -0.4 is 16.6 Å². The number of aromatic nitrogens is 4. The molecule has 7 nitrogen and oxygen atoms in total. The molecule has 3 heterocycles. The summed E-state index contributed by atoms with van der Waals surface area (Å²) in [4.78, 5) is 29.3. The van der Waals surface area contributed by atoms with Crippen LogP contribution in [0.25, 0.3) is 11.2 Å². The van der Waals surface area contributed by atoms with E-state index in [9.17, 15) is 9.59 Å². The molecule has 2 aromatic heterocycles. The molecule has 0 radical (unpaired) electrons. The summed E-state index contributed by atoms with van der Waals surface area (Å²) in [5, 5.41) is 3.35. The molecule has 1 aliphatic heterocycles. The van der Waals surface area contributed by atoms with Crippen molar-refractivity contribution < 1.29 is 0 Å². The summed E-state index contributed by atoms with van der Waals surface area (Å²) >= 11 is 0. The Morgan fingerprint density at radius 2 is 1.77 bits per heavy atom. The van der Waals surface area contributed by atoms with Gasteiger partial charge in [-0.3, -0.25) is 13.9 Å². The third-order valence-corrected chi connectivity index (χ3v) is 4.53. The first-order chi connectivity index (χ1) is 10.4. The summed E-state index contributed by atoms with van der Waals surface area (Å²) in [5.41, 5.74) is 0.410. The van der Waals surface area contributed by atoms with Gasteiger partial charge < -0.3 is 9.88 Å². The van der Waals surface area contributed by atoms with Gasteiger partial charge in [-0.25, -0.2) is 9.78 Å². The molecule has 2 aromatic rings. The van der Waals surface area contributed by atoms with Gasteiger partial charge in [0.1, 0.15) is 11.5 Å². The maximum atomic E-state index is 12.4. The smallest absolute Gasteiger partial charge is 0.317 e. The fourth-order valence-electron chi connectivity index (χ4n) is 3.34. The van der Waals surface area contributed by atoms with Gasteiger partial charge in [-0.1, -0.05) is 0 Å². The molecule has 1 N–H and O–H groups in total. The van der Waals surface area contributed by atoms with Crippen LogP contribution in [0.1, 0.15) is 44.5 Å². The predicted octanol–water partition coefficient (Wildman–Crippen LogP) is 0.482. The highest BCUT2D eigenvalue weighted by Crippen LogP contribution is 2.29. The Bertz CT molecular complexity index is 821. The Morgan fingerprint density at radius 3 is 2.36 bits per heavy atom. The average molecular weight is 305 g/mol. The van der Waals surface area contributed by atoms with E-state index in [-0.39, 0.29) is 17.3 Å². The Hall–Kier alpha value is -1.89. The zero-order valence-electron chi connectivity index (χ0n) is 13.6. The summed E-state index contributed by atoms with van der Waals surface area (Å²) < 4.78 is 4.73. The highest BCUT2D eigenvalue weighted by Gasteiger charge is 2.26. The second-order valence-corrected chi connectivity index (χ2v) is 6.34. The van der Waals surface area contributed by atoms with Crippen molar-refractivity contribution in [2.24, 2.45) is 14.1 Å². The number of nitrogens with zero attached hydrogens (tertiary/aromatic N) is 4. The zero-order chi connectivity index (χ0) is 16.0. The van der Waals surface area contributed by atoms with Gasteiger partial charge >= 0.3 is 5.69 Å². The van der Waals surface area contributed by atoms with Crippen molar-refractivity contribution >= 4 is 11.2 Å². The number of hydrogen-bond acceptors (Lipinski definition) is 4. The fourth-order valence-corrected chi connectivity index (χ4v) is 3.34. The first-order valence-corrected chi connectivity index (χ1v) is 7.82. The number of rotatable bonds is 2. The minimum Gasteiger partial charge on any atom is -0.317 e. The molecule has 0 aliphatic carbocycles. The quantitative estimate of drug-likeness (QED) is 0.876. The highest BCUT2D eigenvalue weighted by atomic mass is 16.2. The van der Waals surface area contributed by atoms with Crippen molar-refractivity contribution in [1.29, 1.82) is 0 Å². The molecule has 7 heteroatoms. The lowest BCUT2D eigenvalue weighted by molar-refractivity contribution is 0.422. The summed E-state index contributed by atoms with van der Waals surface area (Å²) in [6, 6.07) is 0.146. The van der Waals surface area contributed by atoms with Crippen LogP contribution in [-0.2, 0) is 14.1 Å². The van der Waals surface area contributed by atoms with Gasteiger partial charge in [0.05, 0.1) is 0 Å². The molecule has 0 atom stereocenters. The topological polar surface area (TPSA) is 73.8 Å². The molecule has 1 saturated heterocycles. The number of piperidine rings is 1. The number of hydrogen-bond donors (Lipinski definition) is 1. The third kappa shape index (κ3) is 2.11. The molecule has 22 heavy (non-hydrogen) atoms. The standard InChI is InChI=1S/C15H23N5O2/c1-9(2)20-12(10-5-7-16-8-6-10)17-11-13(20)18(3)15(22)19(4)14(11)21/h9-10,16H,5-8H2,1-4H3. The first-order valence-electron chi connectivity index (χ1n) is 7.82. The Morgan fingerprint density at radius 1 is 1.14 bits per heavy atom. The molecule has 0 saturated carbocycles. The van der Waals surface area contributed by atoms with Crippen LogP contribution >= 0.6 is 0 Å². The largest absolute Gasteiger partial charge is 0.332 e. The summed E-state index contributed by atoms with van der Waals surface area (Å²) in [6.07, 6.45) is 2.01. The lowest BCUT2D eigenvalue weighted by Gasteiger charge is -2.24. The summed E-state index contributed by atoms with van der Waals surface area (Å²) in [7, 11) is 3.21. The van der Waals surface area contributed by atoms with Gasteiger partial charge in [-0.15, -0.1) is 0 Å². The SMILES string of the molecule is CC(C)n1c(C2CCNCC2)nc2c(=O)n(C)c(=O)n(C)c21. The highest BCUT2D eigenvalue weighted by molar-refractivity contribution is 5.71. The summed E-state index contributed by atoms with van der Waals surface area (Å²) in [6.45, 7) is 6.05. The van der Waals surface area contributed by atoms with Crippen LogP contribution in [-0.4, -0.2) is 31.8 Å². The molecule has 1 aliphatic rings. The normalized spacial score (nSPS) is 16.8. The van der Waals surface area contributed by atoms with Crippen LogP contribution in [0, 0.1) is 0 Å². The van der Waals surface area contributed by atoms with Crippen molar-refractivity contribution in [2.45, 2.75) is 38.6 Å². The maximum absolute atomic E-state index is 12.4. The van der Waals surface area contributed by atoms with E-state index < -0.39 is 0 Å². The number of aryl methyl sites for hydroxylation is 1. The van der Waals surface area contributed by atoms with E-state index in [2.05, 4.69) is 28.7 Å². The van der Waals surface area contributed by atoms with E-state index in [0.29, 0.717) is 17.1 Å². The Balaban J connectivity index is 2.36. The van der Waals surface area contributed by atoms with Gasteiger partial charge in [-0.2, -0.15) is 0 Å². The van der Waals surface area contributed by atoms with E-state index in [1.165, 1.54) is 11.6 Å². The maximum Gasteiger partial charge on any atom is 0.332 e. The molecular formula is C15H23N5O2. The van der Waals surface area contributed by atoms with E-state index in [1.54, 1.807) is 7.05 Å². The van der Waals surface area contributed by atoms with Crippen molar-refractivity contribution in [1.82, 2.24) is 24.0 Å². The Kier molecular flexibility index (Phi) is 3.68. The van der Waals surface area contributed by atoms with Crippen LogP contribution in [0.3, 0.4) is 0 Å². The van der Waals surface area contributed by atoms with Crippen LogP contribution in [0.15, 0.2) is 9.59 Å². The first kappa shape index (κ1) is 15.0. The van der Waals surface area contributed by atoms with Crippen LogP contribution in [0.2, 0.25) is 0 Å². The van der Waals surface area contributed by atoms with E-state index in [1.807, 2.05) is 0 Å². The molecule has 0 bridgehead atoms. The molecule has 120 valence electrons. The fraction of sp³-hybridized carbons (Fsp3) is 0.667. The average Bonchev–Trinajstić information content (AvgIpc) is 2.92. The van der Waals surface area contributed by atoms with E-state index in [4.69, 9.17) is 0 Å². The number of fused-ring (bicyclic) bond motifs is 1. The van der Waals surface area contributed by atoms with Crippen molar-refractivity contribution in [2.75, 3.05) is 13.1 Å².